The van der Waals surface area contributed by atoms with Crippen molar-refractivity contribution < 1.29 is 14.8 Å². The Labute approximate surface area is 124 Å². The number of hydrogen-bond acceptors (Lipinski definition) is 4. The predicted molar refractivity (Wildman–Crippen MR) is 78.9 cm³/mol. The first kappa shape index (κ1) is 14.6. The van der Waals surface area contributed by atoms with Crippen LogP contribution in [-0.4, -0.2) is 16.1 Å². The lowest BCUT2D eigenvalue weighted by Gasteiger charge is -2.09. The molecule has 0 saturated carbocycles. The SMILES string of the molecule is O=C(Nc1ccccc1O)Nc1cc([N+](=O)[O-])ccc1Cl. The molecule has 108 valence electrons. The monoisotopic (exact) mass is 307 g/mol. The summed E-state index contributed by atoms with van der Waals surface area (Å²) in [7, 11) is 0. The maximum atomic E-state index is 11.8. The van der Waals surface area contributed by atoms with Crippen molar-refractivity contribution in [3.8, 4) is 5.75 Å². The quantitative estimate of drug-likeness (QED) is 0.457. The van der Waals surface area contributed by atoms with Gasteiger partial charge in [0, 0.05) is 12.1 Å². The molecule has 0 aromatic heterocycles. The van der Waals surface area contributed by atoms with Gasteiger partial charge in [0.05, 0.1) is 21.3 Å². The zero-order valence-electron chi connectivity index (χ0n) is 10.5. The molecule has 2 aromatic carbocycles. The summed E-state index contributed by atoms with van der Waals surface area (Å²) >= 11 is 5.86. The molecule has 0 unspecified atom stereocenters. The van der Waals surface area contributed by atoms with Gasteiger partial charge in [-0.2, -0.15) is 0 Å². The summed E-state index contributed by atoms with van der Waals surface area (Å²) in [6.45, 7) is 0. The number of nitrogens with one attached hydrogen (secondary N) is 2. The number of nitro benzene ring substituents is 1. The van der Waals surface area contributed by atoms with Crippen LogP contribution in [0.4, 0.5) is 21.9 Å². The molecule has 3 N–H and O–H groups in total. The van der Waals surface area contributed by atoms with Crippen LogP contribution in [0.1, 0.15) is 0 Å². The van der Waals surface area contributed by atoms with Crippen molar-refractivity contribution in [2.75, 3.05) is 10.6 Å². The van der Waals surface area contributed by atoms with Crippen molar-refractivity contribution in [2.45, 2.75) is 0 Å². The van der Waals surface area contributed by atoms with E-state index in [0.717, 1.165) is 6.07 Å². The van der Waals surface area contributed by atoms with Gasteiger partial charge >= 0.3 is 6.03 Å². The molecule has 0 heterocycles. The first-order chi connectivity index (χ1) is 9.97. The normalized spacial score (nSPS) is 9.95. The molecule has 8 heteroatoms. The van der Waals surface area contributed by atoms with Crippen LogP contribution in [0.5, 0.6) is 5.75 Å². The predicted octanol–water partition coefficient (Wildman–Crippen LogP) is 3.60. The van der Waals surface area contributed by atoms with Crippen LogP contribution in [0.25, 0.3) is 0 Å². The maximum Gasteiger partial charge on any atom is 0.323 e. The number of aromatic hydroxyl groups is 1. The summed E-state index contributed by atoms with van der Waals surface area (Å²) in [5.41, 5.74) is 0.104. The van der Waals surface area contributed by atoms with Gasteiger partial charge in [-0.1, -0.05) is 23.7 Å². The minimum absolute atomic E-state index is 0.0961. The second-order valence-corrected chi connectivity index (χ2v) is 4.42. The van der Waals surface area contributed by atoms with Crippen LogP contribution in [0, 0.1) is 10.1 Å². The third-order valence-electron chi connectivity index (χ3n) is 2.56. The van der Waals surface area contributed by atoms with Gasteiger partial charge in [-0.15, -0.1) is 0 Å². The number of phenols is 1. The van der Waals surface area contributed by atoms with Gasteiger partial charge in [0.1, 0.15) is 5.75 Å². The van der Waals surface area contributed by atoms with E-state index in [1.807, 2.05) is 0 Å². The summed E-state index contributed by atoms with van der Waals surface area (Å²) in [6.07, 6.45) is 0. The van der Waals surface area contributed by atoms with E-state index < -0.39 is 11.0 Å². The molecule has 0 atom stereocenters. The van der Waals surface area contributed by atoms with Crippen molar-refractivity contribution in [1.29, 1.82) is 0 Å². The number of anilines is 2. The molecule has 0 aliphatic heterocycles. The molecule has 21 heavy (non-hydrogen) atoms. The molecule has 2 amide bonds. The molecule has 0 radical (unpaired) electrons. The summed E-state index contributed by atoms with van der Waals surface area (Å²) in [5, 5.41) is 25.2. The summed E-state index contributed by atoms with van der Waals surface area (Å²) in [5.74, 6) is -0.0993. The van der Waals surface area contributed by atoms with Crippen LogP contribution >= 0.6 is 11.6 Å². The summed E-state index contributed by atoms with van der Waals surface area (Å²) in [6, 6.07) is 9.17. The number of carbonyl (C=O) groups excluding carboxylic acids is 1. The number of rotatable bonds is 3. The van der Waals surface area contributed by atoms with E-state index in [1.165, 1.54) is 24.3 Å². The van der Waals surface area contributed by atoms with Crippen LogP contribution in [0.3, 0.4) is 0 Å². The summed E-state index contributed by atoms with van der Waals surface area (Å²) < 4.78 is 0. The van der Waals surface area contributed by atoms with E-state index in [0.29, 0.717) is 0 Å². The Morgan fingerprint density at radius 3 is 2.48 bits per heavy atom. The minimum Gasteiger partial charge on any atom is -0.506 e. The van der Waals surface area contributed by atoms with Crippen LogP contribution in [0.2, 0.25) is 5.02 Å². The third kappa shape index (κ3) is 3.61. The number of carbonyl (C=O) groups is 1. The Bertz CT molecular complexity index is 706. The number of nitrogens with zero attached hydrogens (tertiary/aromatic N) is 1. The lowest BCUT2D eigenvalue weighted by molar-refractivity contribution is -0.384. The molecule has 7 nitrogen and oxygen atoms in total. The highest BCUT2D eigenvalue weighted by Crippen LogP contribution is 2.27. The highest BCUT2D eigenvalue weighted by molar-refractivity contribution is 6.33. The van der Waals surface area contributed by atoms with Gasteiger partial charge in [0.15, 0.2) is 0 Å². The number of amides is 2. The number of nitro groups is 1. The Morgan fingerprint density at radius 2 is 1.81 bits per heavy atom. The smallest absolute Gasteiger partial charge is 0.323 e. The lowest BCUT2D eigenvalue weighted by atomic mass is 10.3. The molecule has 0 saturated heterocycles. The van der Waals surface area contributed by atoms with Gasteiger partial charge in [-0.25, -0.2) is 4.79 Å². The summed E-state index contributed by atoms with van der Waals surface area (Å²) in [4.78, 5) is 21.9. The maximum absolute atomic E-state index is 11.8. The van der Waals surface area contributed by atoms with Crippen molar-refractivity contribution in [3.05, 3.63) is 57.6 Å². The number of benzene rings is 2. The van der Waals surface area contributed by atoms with E-state index in [-0.39, 0.29) is 27.8 Å². The Balaban J connectivity index is 2.15. The highest BCUT2D eigenvalue weighted by Gasteiger charge is 2.12. The van der Waals surface area contributed by atoms with E-state index in [9.17, 15) is 20.0 Å². The minimum atomic E-state index is -0.682. The Hall–Kier alpha value is -2.80. The molecular weight excluding hydrogens is 298 g/mol. The second-order valence-electron chi connectivity index (χ2n) is 4.02. The van der Waals surface area contributed by atoms with Crippen LogP contribution in [0.15, 0.2) is 42.5 Å². The number of phenolic OH excluding ortho intramolecular Hbond substituents is 1. The molecule has 0 spiro atoms. The van der Waals surface area contributed by atoms with Gasteiger partial charge in [-0.3, -0.25) is 10.1 Å². The average molecular weight is 308 g/mol. The van der Waals surface area contributed by atoms with Crippen molar-refractivity contribution >= 4 is 34.7 Å². The fourth-order valence-corrected chi connectivity index (χ4v) is 1.74. The van der Waals surface area contributed by atoms with Gasteiger partial charge in [0.2, 0.25) is 0 Å². The van der Waals surface area contributed by atoms with Gasteiger partial charge in [0.25, 0.3) is 5.69 Å². The Kier molecular flexibility index (Phi) is 4.24. The van der Waals surface area contributed by atoms with Crippen molar-refractivity contribution in [1.82, 2.24) is 0 Å². The molecule has 2 aromatic rings. The third-order valence-corrected chi connectivity index (χ3v) is 2.89. The topological polar surface area (TPSA) is 104 Å². The first-order valence-corrected chi connectivity index (χ1v) is 6.15. The molecule has 0 bridgehead atoms. The Morgan fingerprint density at radius 1 is 1.14 bits per heavy atom. The number of para-hydroxylation sites is 2. The number of urea groups is 1. The number of hydrogen-bond donors (Lipinski definition) is 3. The first-order valence-electron chi connectivity index (χ1n) is 5.77. The highest BCUT2D eigenvalue weighted by atomic mass is 35.5. The van der Waals surface area contributed by atoms with Crippen LogP contribution < -0.4 is 10.6 Å². The van der Waals surface area contributed by atoms with Gasteiger partial charge < -0.3 is 15.7 Å². The molecule has 0 aliphatic carbocycles. The number of halogens is 1. The standard InChI is InChI=1S/C13H10ClN3O4/c14-9-6-5-8(17(20)21)7-11(9)16-13(19)15-10-3-1-2-4-12(10)18/h1-7,18H,(H2,15,16,19). The fraction of sp³-hybridized carbons (Fsp3) is 0. The molecule has 0 aliphatic rings. The zero-order chi connectivity index (χ0) is 15.4. The average Bonchev–Trinajstić information content (AvgIpc) is 2.43. The lowest BCUT2D eigenvalue weighted by Crippen LogP contribution is -2.19. The zero-order valence-corrected chi connectivity index (χ0v) is 11.3. The van der Waals surface area contributed by atoms with Crippen molar-refractivity contribution in [3.63, 3.8) is 0 Å². The van der Waals surface area contributed by atoms with Crippen molar-refractivity contribution in [2.24, 2.45) is 0 Å². The van der Waals surface area contributed by atoms with Gasteiger partial charge in [-0.05, 0) is 18.2 Å². The molecular formula is C13H10ClN3O4. The van der Waals surface area contributed by atoms with E-state index in [2.05, 4.69) is 10.6 Å². The second kappa shape index (κ2) is 6.10. The molecule has 0 fully saturated rings. The largest absolute Gasteiger partial charge is 0.506 e. The number of non-ortho nitro benzene ring substituents is 1. The molecule has 2 rings (SSSR count). The van der Waals surface area contributed by atoms with Crippen LogP contribution in [-0.2, 0) is 0 Å². The van der Waals surface area contributed by atoms with E-state index >= 15 is 0 Å². The fourth-order valence-electron chi connectivity index (χ4n) is 1.58. The van der Waals surface area contributed by atoms with E-state index in [1.54, 1.807) is 12.1 Å². The van der Waals surface area contributed by atoms with E-state index in [4.69, 9.17) is 11.6 Å².